The standard InChI is InChI=1S/C13H9.C11H17.C6H5.CH3.CH2.Zr/c1-3-7-12-10(5-1)9-11-6-2-4-8-13(11)12;1-8-6-9(2)10(7-8)11(3,4)5;1-2-4-6-5-3-1;;;/h1-5,7-8H,9H2;7-8H,1-5H3;1-5H;1H3;1H2;. The number of hydrogen-bond donors (Lipinski definition) is 0. The van der Waals surface area contributed by atoms with E-state index in [4.69, 9.17) is 4.21 Å². The topological polar surface area (TPSA) is 0 Å². The molecule has 0 aliphatic heterocycles. The molecular weight excluding hydrogens is 476 g/mol. The molecule has 0 heterocycles. The number of rotatable bonds is 3. The summed E-state index contributed by atoms with van der Waals surface area (Å²) in [6.45, 7) is 11.8. The molecule has 0 fully saturated rings. The van der Waals surface area contributed by atoms with E-state index < -0.39 is 18.3 Å². The maximum atomic E-state index is 5.40. The van der Waals surface area contributed by atoms with Gasteiger partial charge in [0.25, 0.3) is 0 Å². The molecule has 3 aromatic rings. The van der Waals surface area contributed by atoms with Crippen molar-refractivity contribution in [2.24, 2.45) is 11.3 Å². The summed E-state index contributed by atoms with van der Waals surface area (Å²) in [5.74, 6) is 0.409. The van der Waals surface area contributed by atoms with E-state index in [9.17, 15) is 0 Å². The summed E-state index contributed by atoms with van der Waals surface area (Å²) in [5, 5.41) is 0. The van der Waals surface area contributed by atoms with Crippen molar-refractivity contribution in [3.8, 4) is 11.1 Å². The van der Waals surface area contributed by atoms with E-state index in [1.807, 2.05) is 0 Å². The Kier molecular flexibility index (Phi) is 5.12. The second-order valence-corrected chi connectivity index (χ2v) is 25.6. The summed E-state index contributed by atoms with van der Waals surface area (Å²) in [6, 6.07) is 27.3. The van der Waals surface area contributed by atoms with Crippen LogP contribution in [0.4, 0.5) is 0 Å². The summed E-state index contributed by atoms with van der Waals surface area (Å²) in [5.41, 5.74) is 8.91. The van der Waals surface area contributed by atoms with Crippen molar-refractivity contribution in [1.29, 1.82) is 0 Å². The van der Waals surface area contributed by atoms with Crippen LogP contribution < -0.4 is 6.54 Å². The van der Waals surface area contributed by atoms with E-state index in [0.717, 1.165) is 6.42 Å². The SMILES string of the molecule is [CH2]=[Zr]([CH3])([C]1=C(C)C(C(C)(C)C)=CC1C)([c]1ccccc1)[c]1cccc2c1Cc1ccccc1-2. The van der Waals surface area contributed by atoms with Gasteiger partial charge in [-0.2, -0.15) is 0 Å². The van der Waals surface area contributed by atoms with Gasteiger partial charge >= 0.3 is 202 Å². The molecule has 0 amide bonds. The normalized spacial score (nSPS) is 18.3. The molecule has 1 heteroatoms. The summed E-state index contributed by atoms with van der Waals surface area (Å²) < 4.78 is 12.6. The first-order chi connectivity index (χ1) is 15.5. The molecular formula is C32H36Zr. The van der Waals surface area contributed by atoms with Gasteiger partial charge in [-0.1, -0.05) is 0 Å². The van der Waals surface area contributed by atoms with Gasteiger partial charge in [0.1, 0.15) is 0 Å². The Labute approximate surface area is 200 Å². The monoisotopic (exact) mass is 510 g/mol. The van der Waals surface area contributed by atoms with Crippen molar-refractivity contribution in [2.45, 2.75) is 45.7 Å². The van der Waals surface area contributed by atoms with Crippen molar-refractivity contribution in [3.05, 3.63) is 104 Å². The van der Waals surface area contributed by atoms with Gasteiger partial charge in [0.05, 0.1) is 0 Å². The van der Waals surface area contributed by atoms with Crippen LogP contribution in [0.2, 0.25) is 4.63 Å². The number of benzene rings is 3. The first-order valence-corrected chi connectivity index (χ1v) is 20.2. The van der Waals surface area contributed by atoms with E-state index in [2.05, 4.69) is 118 Å². The summed E-state index contributed by atoms with van der Waals surface area (Å²) >= 11 is -4.17. The van der Waals surface area contributed by atoms with Crippen LogP contribution in [0, 0.1) is 11.3 Å². The minimum absolute atomic E-state index is 0.134. The summed E-state index contributed by atoms with van der Waals surface area (Å²) in [6.07, 6.45) is 3.55. The van der Waals surface area contributed by atoms with Crippen molar-refractivity contribution >= 4 is 10.8 Å². The Hall–Kier alpha value is -2.11. The molecule has 3 aromatic carbocycles. The average molecular weight is 512 g/mol. The van der Waals surface area contributed by atoms with Gasteiger partial charge in [-0.3, -0.25) is 0 Å². The average Bonchev–Trinajstić information content (AvgIpc) is 3.31. The van der Waals surface area contributed by atoms with Gasteiger partial charge < -0.3 is 0 Å². The molecule has 0 saturated heterocycles. The Morgan fingerprint density at radius 2 is 1.48 bits per heavy atom. The van der Waals surface area contributed by atoms with Crippen LogP contribution in [-0.2, 0) is 24.7 Å². The Morgan fingerprint density at radius 3 is 2.15 bits per heavy atom. The molecule has 0 nitrogen and oxygen atoms in total. The third kappa shape index (κ3) is 3.23. The van der Waals surface area contributed by atoms with Crippen molar-refractivity contribution in [3.63, 3.8) is 0 Å². The van der Waals surface area contributed by atoms with Gasteiger partial charge in [0.15, 0.2) is 0 Å². The van der Waals surface area contributed by atoms with Crippen molar-refractivity contribution in [1.82, 2.24) is 0 Å². The van der Waals surface area contributed by atoms with Crippen LogP contribution in [0.5, 0.6) is 0 Å². The second kappa shape index (κ2) is 7.45. The molecule has 168 valence electrons. The van der Waals surface area contributed by atoms with Crippen molar-refractivity contribution < 1.29 is 18.3 Å². The molecule has 0 radical (unpaired) electrons. The molecule has 2 aliphatic carbocycles. The quantitative estimate of drug-likeness (QED) is 0.271. The number of fused-ring (bicyclic) bond motifs is 3. The number of allylic oxidation sites excluding steroid dienone is 4. The minimum atomic E-state index is -4.17. The predicted molar refractivity (Wildman–Crippen MR) is 143 cm³/mol. The van der Waals surface area contributed by atoms with Gasteiger partial charge in [-0.15, -0.1) is 0 Å². The van der Waals surface area contributed by atoms with Crippen LogP contribution in [0.1, 0.15) is 45.7 Å². The van der Waals surface area contributed by atoms with E-state index in [1.165, 1.54) is 36.7 Å². The van der Waals surface area contributed by atoms with E-state index >= 15 is 0 Å². The first-order valence-electron chi connectivity index (χ1n) is 12.3. The molecule has 0 spiro atoms. The molecule has 0 N–H and O–H groups in total. The Bertz CT molecular complexity index is 1390. The molecule has 0 bridgehead atoms. The van der Waals surface area contributed by atoms with Crippen LogP contribution in [-0.4, -0.2) is 4.21 Å². The number of hydrogen-bond acceptors (Lipinski definition) is 0. The fourth-order valence-electron chi connectivity index (χ4n) is 7.02. The van der Waals surface area contributed by atoms with E-state index in [1.54, 1.807) is 6.55 Å². The van der Waals surface area contributed by atoms with E-state index in [0.29, 0.717) is 5.92 Å². The van der Waals surface area contributed by atoms with Crippen LogP contribution in [0.25, 0.3) is 11.1 Å². The Balaban J connectivity index is 1.86. The fourth-order valence-corrected chi connectivity index (χ4v) is 21.9. The second-order valence-electron chi connectivity index (χ2n) is 11.7. The van der Waals surface area contributed by atoms with Crippen LogP contribution in [0.3, 0.4) is 0 Å². The molecule has 1 atom stereocenters. The molecule has 0 saturated carbocycles. The zero-order valence-corrected chi connectivity index (χ0v) is 23.5. The van der Waals surface area contributed by atoms with Crippen molar-refractivity contribution in [2.75, 3.05) is 0 Å². The summed E-state index contributed by atoms with van der Waals surface area (Å²) in [4.78, 5) is 0. The molecule has 0 aromatic heterocycles. The molecule has 33 heavy (non-hydrogen) atoms. The third-order valence-corrected chi connectivity index (χ3v) is 23.4. The van der Waals surface area contributed by atoms with E-state index in [-0.39, 0.29) is 5.41 Å². The molecule has 2 aliphatic rings. The van der Waals surface area contributed by atoms with Gasteiger partial charge in [0, 0.05) is 0 Å². The molecule has 1 unspecified atom stereocenters. The summed E-state index contributed by atoms with van der Waals surface area (Å²) in [7, 11) is 0. The Morgan fingerprint density at radius 1 is 0.848 bits per heavy atom. The van der Waals surface area contributed by atoms with Crippen LogP contribution in [0.15, 0.2) is 93.3 Å². The third-order valence-electron chi connectivity index (χ3n) is 8.35. The zero-order chi connectivity index (χ0) is 23.6. The van der Waals surface area contributed by atoms with Gasteiger partial charge in [-0.05, 0) is 0 Å². The predicted octanol–water partition coefficient (Wildman–Crippen LogP) is 7.27. The van der Waals surface area contributed by atoms with Gasteiger partial charge in [0.2, 0.25) is 0 Å². The fraction of sp³-hybridized carbons (Fsp3) is 0.281. The van der Waals surface area contributed by atoms with Gasteiger partial charge in [-0.25, -0.2) is 0 Å². The first kappa shape index (κ1) is 22.7. The molecule has 5 rings (SSSR count). The van der Waals surface area contributed by atoms with Crippen LogP contribution >= 0.6 is 0 Å². The maximum absolute atomic E-state index is 5.40. The zero-order valence-electron chi connectivity index (χ0n) is 21.0.